The van der Waals surface area contributed by atoms with E-state index in [2.05, 4.69) is 20.1 Å². The second kappa shape index (κ2) is 9.94. The van der Waals surface area contributed by atoms with E-state index in [0.29, 0.717) is 22.2 Å². The second-order valence-corrected chi connectivity index (χ2v) is 8.75. The average molecular weight is 472 g/mol. The zero-order valence-corrected chi connectivity index (χ0v) is 19.8. The van der Waals surface area contributed by atoms with Crippen LogP contribution < -0.4 is 10.2 Å². The molecule has 1 N–H and O–H groups in total. The molecule has 0 spiro atoms. The molecule has 4 rings (SSSR count). The molecule has 0 aliphatic carbocycles. The lowest BCUT2D eigenvalue weighted by atomic mass is 10.2. The third-order valence-corrected chi connectivity index (χ3v) is 6.87. The van der Waals surface area contributed by atoms with Crippen molar-refractivity contribution in [2.75, 3.05) is 44.2 Å². The number of carbonyl (C=O) groups is 1. The predicted molar refractivity (Wildman–Crippen MR) is 131 cm³/mol. The van der Waals surface area contributed by atoms with Gasteiger partial charge in [-0.25, -0.2) is 0 Å². The summed E-state index contributed by atoms with van der Waals surface area (Å²) in [5, 5.41) is 4.26. The minimum absolute atomic E-state index is 0.0513. The van der Waals surface area contributed by atoms with Crippen molar-refractivity contribution in [3.8, 4) is 11.4 Å². The van der Waals surface area contributed by atoms with Crippen LogP contribution >= 0.6 is 23.2 Å². The van der Waals surface area contributed by atoms with Gasteiger partial charge in [0.15, 0.2) is 0 Å². The summed E-state index contributed by atoms with van der Waals surface area (Å²) in [5.74, 6) is -0.0513. The molecule has 32 heavy (non-hydrogen) atoms. The van der Waals surface area contributed by atoms with E-state index in [-0.39, 0.29) is 5.91 Å². The molecule has 0 bridgehead atoms. The lowest BCUT2D eigenvalue weighted by Crippen LogP contribution is -2.48. The van der Waals surface area contributed by atoms with Crippen LogP contribution in [0.1, 0.15) is 16.1 Å². The Bertz CT molecular complexity index is 1090. The van der Waals surface area contributed by atoms with Crippen LogP contribution in [0.2, 0.25) is 10.0 Å². The van der Waals surface area contributed by atoms with Gasteiger partial charge in [-0.2, -0.15) is 0 Å². The minimum Gasteiger partial charge on any atom is -0.368 e. The van der Waals surface area contributed by atoms with Crippen molar-refractivity contribution in [2.45, 2.75) is 6.92 Å². The number of pyridine rings is 1. The standard InChI is InChI=1S/C24H27Cl2N5O/c1-17-18(16-22(29(17)2)20-7-3-4-9-27-20)24(32)28-10-11-30-12-14-31(15-13-30)21-8-5-6-19(25)23(21)26/h3-9,16H,10-15H2,1-2H3,(H,28,32). The molecule has 0 radical (unpaired) electrons. The van der Waals surface area contributed by atoms with Crippen LogP contribution in [0.25, 0.3) is 11.4 Å². The third-order valence-electron chi connectivity index (χ3n) is 6.07. The highest BCUT2D eigenvalue weighted by Gasteiger charge is 2.21. The molecule has 2 aromatic heterocycles. The molecule has 3 aromatic rings. The monoisotopic (exact) mass is 471 g/mol. The molecule has 168 valence electrons. The average Bonchev–Trinajstić information content (AvgIpc) is 3.11. The van der Waals surface area contributed by atoms with E-state index in [9.17, 15) is 4.79 Å². The van der Waals surface area contributed by atoms with Crippen LogP contribution in [0, 0.1) is 6.92 Å². The van der Waals surface area contributed by atoms with Crippen molar-refractivity contribution in [3.63, 3.8) is 0 Å². The van der Waals surface area contributed by atoms with Crippen LogP contribution in [-0.4, -0.2) is 59.6 Å². The van der Waals surface area contributed by atoms with Gasteiger partial charge in [-0.15, -0.1) is 0 Å². The highest BCUT2D eigenvalue weighted by Crippen LogP contribution is 2.32. The van der Waals surface area contributed by atoms with Gasteiger partial charge in [-0.3, -0.25) is 14.7 Å². The second-order valence-electron chi connectivity index (χ2n) is 7.96. The number of benzene rings is 1. The van der Waals surface area contributed by atoms with Crippen LogP contribution in [0.5, 0.6) is 0 Å². The smallest absolute Gasteiger partial charge is 0.253 e. The number of hydrogen-bond acceptors (Lipinski definition) is 4. The summed E-state index contributed by atoms with van der Waals surface area (Å²) < 4.78 is 2.01. The van der Waals surface area contributed by atoms with Gasteiger partial charge in [0, 0.05) is 58.2 Å². The highest BCUT2D eigenvalue weighted by atomic mass is 35.5. The molecule has 1 aromatic carbocycles. The van der Waals surface area contributed by atoms with Gasteiger partial charge in [0.2, 0.25) is 0 Å². The van der Waals surface area contributed by atoms with E-state index in [1.165, 1.54) is 0 Å². The zero-order valence-electron chi connectivity index (χ0n) is 18.3. The Morgan fingerprint density at radius 2 is 1.88 bits per heavy atom. The maximum atomic E-state index is 12.8. The molecular formula is C24H27Cl2N5O. The summed E-state index contributed by atoms with van der Waals surface area (Å²) >= 11 is 12.5. The summed E-state index contributed by atoms with van der Waals surface area (Å²) in [7, 11) is 1.96. The summed E-state index contributed by atoms with van der Waals surface area (Å²) in [6.07, 6.45) is 1.76. The normalized spacial score (nSPS) is 14.6. The maximum absolute atomic E-state index is 12.8. The van der Waals surface area contributed by atoms with Gasteiger partial charge >= 0.3 is 0 Å². The molecule has 0 unspecified atom stereocenters. The Morgan fingerprint density at radius 1 is 1.09 bits per heavy atom. The number of nitrogens with one attached hydrogen (secondary N) is 1. The Labute approximate surface area is 198 Å². The quantitative estimate of drug-likeness (QED) is 0.583. The molecular weight excluding hydrogens is 445 g/mol. The molecule has 1 saturated heterocycles. The van der Waals surface area contributed by atoms with Crippen LogP contribution in [-0.2, 0) is 7.05 Å². The SMILES string of the molecule is Cc1c(C(=O)NCCN2CCN(c3cccc(Cl)c3Cl)CC2)cc(-c2ccccn2)n1C. The molecule has 6 nitrogen and oxygen atoms in total. The number of carbonyl (C=O) groups excluding carboxylic acids is 1. The first-order chi connectivity index (χ1) is 15.5. The molecule has 0 atom stereocenters. The van der Waals surface area contributed by atoms with Gasteiger partial charge in [-0.05, 0) is 37.3 Å². The van der Waals surface area contributed by atoms with E-state index < -0.39 is 0 Å². The number of aromatic nitrogens is 2. The van der Waals surface area contributed by atoms with Crippen molar-refractivity contribution < 1.29 is 4.79 Å². The number of rotatable bonds is 6. The molecule has 1 fully saturated rings. The van der Waals surface area contributed by atoms with E-state index in [1.54, 1.807) is 12.3 Å². The largest absolute Gasteiger partial charge is 0.368 e. The molecule has 1 aliphatic heterocycles. The van der Waals surface area contributed by atoms with Crippen LogP contribution in [0.15, 0.2) is 48.7 Å². The van der Waals surface area contributed by atoms with Crippen LogP contribution in [0.3, 0.4) is 0 Å². The number of piperazine rings is 1. The van der Waals surface area contributed by atoms with Gasteiger partial charge in [0.05, 0.1) is 32.7 Å². The molecule has 0 saturated carbocycles. The Balaban J connectivity index is 1.29. The van der Waals surface area contributed by atoms with E-state index >= 15 is 0 Å². The fourth-order valence-electron chi connectivity index (χ4n) is 4.06. The summed E-state index contributed by atoms with van der Waals surface area (Å²) in [4.78, 5) is 21.8. The first-order valence-corrected chi connectivity index (χ1v) is 11.5. The van der Waals surface area contributed by atoms with Gasteiger partial charge in [0.25, 0.3) is 5.91 Å². The number of anilines is 1. The third kappa shape index (κ3) is 4.77. The fraction of sp³-hybridized carbons (Fsp3) is 0.333. The molecule has 1 amide bonds. The van der Waals surface area contributed by atoms with E-state index in [0.717, 1.165) is 55.5 Å². The van der Waals surface area contributed by atoms with Gasteiger partial charge in [0.1, 0.15) is 0 Å². The summed E-state index contributed by atoms with van der Waals surface area (Å²) in [6.45, 7) is 6.94. The van der Waals surface area contributed by atoms with E-state index in [1.807, 2.05) is 54.9 Å². The zero-order chi connectivity index (χ0) is 22.7. The van der Waals surface area contributed by atoms with Crippen molar-refractivity contribution in [1.82, 2.24) is 19.8 Å². The summed E-state index contributed by atoms with van der Waals surface area (Å²) in [5.41, 5.74) is 4.39. The predicted octanol–water partition coefficient (Wildman–Crippen LogP) is 4.25. The molecule has 8 heteroatoms. The number of amides is 1. The van der Waals surface area contributed by atoms with Crippen molar-refractivity contribution in [1.29, 1.82) is 0 Å². The highest BCUT2D eigenvalue weighted by molar-refractivity contribution is 6.43. The van der Waals surface area contributed by atoms with Crippen molar-refractivity contribution in [3.05, 3.63) is 70.0 Å². The molecule has 1 aliphatic rings. The number of halogens is 2. The first kappa shape index (κ1) is 22.6. The van der Waals surface area contributed by atoms with E-state index in [4.69, 9.17) is 23.2 Å². The van der Waals surface area contributed by atoms with Crippen LogP contribution in [0.4, 0.5) is 5.69 Å². The Kier molecular flexibility index (Phi) is 7.04. The molecule has 3 heterocycles. The number of hydrogen-bond donors (Lipinski definition) is 1. The fourth-order valence-corrected chi connectivity index (χ4v) is 4.48. The number of nitrogens with zero attached hydrogens (tertiary/aromatic N) is 4. The minimum atomic E-state index is -0.0513. The van der Waals surface area contributed by atoms with Gasteiger partial charge < -0.3 is 14.8 Å². The van der Waals surface area contributed by atoms with Crippen molar-refractivity contribution in [2.24, 2.45) is 7.05 Å². The topological polar surface area (TPSA) is 53.4 Å². The lowest BCUT2D eigenvalue weighted by molar-refractivity contribution is 0.0947. The van der Waals surface area contributed by atoms with Gasteiger partial charge in [-0.1, -0.05) is 35.3 Å². The lowest BCUT2D eigenvalue weighted by Gasteiger charge is -2.36. The Hall–Kier alpha value is -2.54. The first-order valence-electron chi connectivity index (χ1n) is 10.7. The Morgan fingerprint density at radius 3 is 2.59 bits per heavy atom. The summed E-state index contributed by atoms with van der Waals surface area (Å²) in [6, 6.07) is 13.4. The maximum Gasteiger partial charge on any atom is 0.253 e. The van der Waals surface area contributed by atoms with Crippen molar-refractivity contribution >= 4 is 34.8 Å².